The first-order valence-corrected chi connectivity index (χ1v) is 8.05. The standard InChI is InChI=1S/C20H19N/c1-2-4-19-14(3-1)10-16-9-13(5-8-20(16)19)15-11-17-6-7-18(12-15)21-17/h1-5,8-9,11,17-18,21H,6-7,10,12H2. The average molecular weight is 273 g/mol. The van der Waals surface area contributed by atoms with Gasteiger partial charge >= 0.3 is 0 Å². The highest BCUT2D eigenvalue weighted by molar-refractivity contribution is 5.80. The second-order valence-corrected chi connectivity index (χ2v) is 6.65. The summed E-state index contributed by atoms with van der Waals surface area (Å²) in [7, 11) is 0. The minimum absolute atomic E-state index is 0.615. The van der Waals surface area contributed by atoms with E-state index in [9.17, 15) is 0 Å². The summed E-state index contributed by atoms with van der Waals surface area (Å²) in [5, 5.41) is 3.68. The van der Waals surface area contributed by atoms with E-state index in [1.54, 1.807) is 5.57 Å². The fourth-order valence-electron chi connectivity index (χ4n) is 4.28. The van der Waals surface area contributed by atoms with Crippen LogP contribution in [0.5, 0.6) is 0 Å². The van der Waals surface area contributed by atoms with Gasteiger partial charge < -0.3 is 5.32 Å². The summed E-state index contributed by atoms with van der Waals surface area (Å²) in [5.74, 6) is 0. The molecule has 2 unspecified atom stereocenters. The highest BCUT2D eigenvalue weighted by Crippen LogP contribution is 2.39. The van der Waals surface area contributed by atoms with Crippen molar-refractivity contribution in [3.8, 4) is 11.1 Å². The molecule has 0 aromatic heterocycles. The molecular formula is C20H19N. The molecule has 0 spiro atoms. The minimum atomic E-state index is 0.615. The van der Waals surface area contributed by atoms with E-state index in [1.807, 2.05) is 0 Å². The maximum Gasteiger partial charge on any atom is 0.0259 e. The zero-order chi connectivity index (χ0) is 13.8. The SMILES string of the molecule is C1=C(c2ccc3c(c2)Cc2ccccc2-3)CC2CCC1N2. The number of fused-ring (bicyclic) bond motifs is 5. The lowest BCUT2D eigenvalue weighted by atomic mass is 9.93. The van der Waals surface area contributed by atoms with Gasteiger partial charge in [0.25, 0.3) is 0 Å². The van der Waals surface area contributed by atoms with E-state index in [1.165, 1.54) is 47.1 Å². The average Bonchev–Trinajstić information content (AvgIpc) is 3.06. The van der Waals surface area contributed by atoms with Crippen molar-refractivity contribution in [2.75, 3.05) is 0 Å². The predicted octanol–water partition coefficient (Wildman–Crippen LogP) is 4.17. The summed E-state index contributed by atoms with van der Waals surface area (Å²) in [6.07, 6.45) is 7.40. The largest absolute Gasteiger partial charge is 0.307 e. The van der Waals surface area contributed by atoms with Crippen LogP contribution in [0.3, 0.4) is 0 Å². The summed E-state index contributed by atoms with van der Waals surface area (Å²) < 4.78 is 0. The molecule has 1 N–H and O–H groups in total. The zero-order valence-electron chi connectivity index (χ0n) is 12.1. The molecule has 2 bridgehead atoms. The van der Waals surface area contributed by atoms with Gasteiger partial charge in [-0.1, -0.05) is 48.5 Å². The van der Waals surface area contributed by atoms with Gasteiger partial charge in [0, 0.05) is 12.1 Å². The van der Waals surface area contributed by atoms with Crippen LogP contribution in [-0.2, 0) is 6.42 Å². The Morgan fingerprint density at radius 2 is 1.81 bits per heavy atom. The highest BCUT2D eigenvalue weighted by Gasteiger charge is 2.28. The van der Waals surface area contributed by atoms with E-state index in [2.05, 4.69) is 53.9 Å². The molecular weight excluding hydrogens is 254 g/mol. The lowest BCUT2D eigenvalue weighted by Gasteiger charge is -2.22. The second-order valence-electron chi connectivity index (χ2n) is 6.65. The van der Waals surface area contributed by atoms with Crippen molar-refractivity contribution in [2.24, 2.45) is 0 Å². The van der Waals surface area contributed by atoms with Crippen LogP contribution in [-0.4, -0.2) is 12.1 Å². The fraction of sp³-hybridized carbons (Fsp3) is 0.300. The normalized spacial score (nSPS) is 25.4. The number of nitrogens with one attached hydrogen (secondary N) is 1. The summed E-state index contributed by atoms with van der Waals surface area (Å²) in [4.78, 5) is 0. The summed E-state index contributed by atoms with van der Waals surface area (Å²) in [6.45, 7) is 0. The molecule has 5 rings (SSSR count). The molecule has 0 radical (unpaired) electrons. The van der Waals surface area contributed by atoms with E-state index in [0.717, 1.165) is 6.42 Å². The van der Waals surface area contributed by atoms with Crippen molar-refractivity contribution < 1.29 is 0 Å². The third-order valence-electron chi connectivity index (χ3n) is 5.31. The van der Waals surface area contributed by atoms with Gasteiger partial charge in [0.2, 0.25) is 0 Å². The summed E-state index contributed by atoms with van der Waals surface area (Å²) >= 11 is 0. The van der Waals surface area contributed by atoms with Gasteiger partial charge in [0.1, 0.15) is 0 Å². The molecule has 2 heterocycles. The molecule has 2 atom stereocenters. The van der Waals surface area contributed by atoms with E-state index >= 15 is 0 Å². The summed E-state index contributed by atoms with van der Waals surface area (Å²) in [6, 6.07) is 17.2. The Kier molecular flexibility index (Phi) is 2.42. The zero-order valence-corrected chi connectivity index (χ0v) is 12.1. The van der Waals surface area contributed by atoms with Crippen molar-refractivity contribution in [1.82, 2.24) is 5.32 Å². The first-order valence-electron chi connectivity index (χ1n) is 8.05. The van der Waals surface area contributed by atoms with Gasteiger partial charge in [-0.2, -0.15) is 0 Å². The molecule has 21 heavy (non-hydrogen) atoms. The third kappa shape index (κ3) is 1.81. The molecule has 3 aliphatic rings. The number of hydrogen-bond acceptors (Lipinski definition) is 1. The first kappa shape index (κ1) is 11.8. The number of rotatable bonds is 1. The molecule has 104 valence electrons. The van der Waals surface area contributed by atoms with Gasteiger partial charge in [-0.25, -0.2) is 0 Å². The molecule has 0 amide bonds. The Hall–Kier alpha value is -1.86. The highest BCUT2D eigenvalue weighted by atomic mass is 15.0. The molecule has 1 saturated heterocycles. The number of hydrogen-bond donors (Lipinski definition) is 1. The van der Waals surface area contributed by atoms with Crippen LogP contribution in [0.1, 0.15) is 36.0 Å². The maximum atomic E-state index is 3.68. The molecule has 1 aliphatic carbocycles. The lowest BCUT2D eigenvalue weighted by molar-refractivity contribution is 0.575. The van der Waals surface area contributed by atoms with Crippen LogP contribution in [0, 0.1) is 0 Å². The van der Waals surface area contributed by atoms with Crippen LogP contribution >= 0.6 is 0 Å². The topological polar surface area (TPSA) is 12.0 Å². The van der Waals surface area contributed by atoms with Crippen molar-refractivity contribution in [2.45, 2.75) is 37.8 Å². The maximum absolute atomic E-state index is 3.68. The Balaban J connectivity index is 1.56. The van der Waals surface area contributed by atoms with Crippen molar-refractivity contribution in [1.29, 1.82) is 0 Å². The quantitative estimate of drug-likeness (QED) is 0.702. The van der Waals surface area contributed by atoms with Crippen LogP contribution in [0.2, 0.25) is 0 Å². The van der Waals surface area contributed by atoms with E-state index < -0.39 is 0 Å². The van der Waals surface area contributed by atoms with E-state index in [4.69, 9.17) is 0 Å². The lowest BCUT2D eigenvalue weighted by Crippen LogP contribution is -2.31. The predicted molar refractivity (Wildman–Crippen MR) is 87.2 cm³/mol. The molecule has 2 aliphatic heterocycles. The molecule has 2 aromatic rings. The van der Waals surface area contributed by atoms with Crippen LogP contribution < -0.4 is 5.32 Å². The molecule has 1 nitrogen and oxygen atoms in total. The molecule has 1 fully saturated rings. The van der Waals surface area contributed by atoms with E-state index in [0.29, 0.717) is 12.1 Å². The Labute approximate surface area is 125 Å². The second kappa shape index (κ2) is 4.32. The van der Waals surface area contributed by atoms with Crippen LogP contribution in [0.15, 0.2) is 48.5 Å². The van der Waals surface area contributed by atoms with Gasteiger partial charge in [-0.05, 0) is 59.1 Å². The van der Waals surface area contributed by atoms with Crippen LogP contribution in [0.4, 0.5) is 0 Å². The third-order valence-corrected chi connectivity index (χ3v) is 5.31. The van der Waals surface area contributed by atoms with Gasteiger partial charge in [0.05, 0.1) is 0 Å². The van der Waals surface area contributed by atoms with Crippen molar-refractivity contribution in [3.05, 3.63) is 65.2 Å². The minimum Gasteiger partial charge on any atom is -0.307 e. The van der Waals surface area contributed by atoms with Crippen molar-refractivity contribution in [3.63, 3.8) is 0 Å². The van der Waals surface area contributed by atoms with Crippen molar-refractivity contribution >= 4 is 5.57 Å². The Morgan fingerprint density at radius 3 is 2.76 bits per heavy atom. The van der Waals surface area contributed by atoms with Gasteiger partial charge in [-0.15, -0.1) is 0 Å². The summed E-state index contributed by atoms with van der Waals surface area (Å²) in [5.41, 5.74) is 8.84. The Bertz CT molecular complexity index is 756. The van der Waals surface area contributed by atoms with Crippen LogP contribution in [0.25, 0.3) is 16.7 Å². The molecule has 0 saturated carbocycles. The fourth-order valence-corrected chi connectivity index (χ4v) is 4.28. The Morgan fingerprint density at radius 1 is 0.905 bits per heavy atom. The molecule has 2 aromatic carbocycles. The van der Waals surface area contributed by atoms with E-state index in [-0.39, 0.29) is 0 Å². The van der Waals surface area contributed by atoms with Gasteiger partial charge in [-0.3, -0.25) is 0 Å². The number of benzene rings is 2. The first-order chi connectivity index (χ1) is 10.4. The van der Waals surface area contributed by atoms with Gasteiger partial charge in [0.15, 0.2) is 0 Å². The molecule has 1 heteroatoms. The monoisotopic (exact) mass is 273 g/mol. The smallest absolute Gasteiger partial charge is 0.0259 e.